The number of carbonyl (C=O) groups excluding carboxylic acids is 1. The minimum absolute atomic E-state index is 0.0724. The third kappa shape index (κ3) is 2.89. The number of H-pyrrole nitrogens is 2. The molecule has 4 aromatic rings. The molecular weight excluding hydrogens is 314 g/mol. The monoisotopic (exact) mass is 331 g/mol. The average Bonchev–Trinajstić information content (AvgIpc) is 3.31. The van der Waals surface area contributed by atoms with Crippen molar-refractivity contribution in [1.82, 2.24) is 25.5 Å². The minimum Gasteiger partial charge on any atom is -0.345 e. The molecule has 0 bridgehead atoms. The molecule has 124 valence electrons. The highest BCUT2D eigenvalue weighted by Gasteiger charge is 2.16. The Morgan fingerprint density at radius 3 is 2.72 bits per heavy atom. The van der Waals surface area contributed by atoms with E-state index < -0.39 is 0 Å². The summed E-state index contributed by atoms with van der Waals surface area (Å²) in [6.07, 6.45) is 5.20. The van der Waals surface area contributed by atoms with Crippen LogP contribution < -0.4 is 5.32 Å². The molecule has 0 aliphatic carbocycles. The third-order valence-electron chi connectivity index (χ3n) is 4.22. The zero-order valence-electron chi connectivity index (χ0n) is 13.7. The van der Waals surface area contributed by atoms with Gasteiger partial charge in [-0.15, -0.1) is 0 Å². The summed E-state index contributed by atoms with van der Waals surface area (Å²) in [4.78, 5) is 20.3. The summed E-state index contributed by atoms with van der Waals surface area (Å²) in [6, 6.07) is 13.6. The molecule has 0 saturated heterocycles. The van der Waals surface area contributed by atoms with Crippen molar-refractivity contribution in [2.45, 2.75) is 13.0 Å². The van der Waals surface area contributed by atoms with Gasteiger partial charge in [0.05, 0.1) is 23.5 Å². The minimum atomic E-state index is -0.125. The second kappa shape index (κ2) is 6.24. The molecule has 0 spiro atoms. The maximum Gasteiger partial charge on any atom is 0.253 e. The number of fused-ring (bicyclic) bond motifs is 1. The fourth-order valence-corrected chi connectivity index (χ4v) is 2.84. The van der Waals surface area contributed by atoms with Gasteiger partial charge in [-0.3, -0.25) is 9.89 Å². The predicted octanol–water partition coefficient (Wildman–Crippen LogP) is 3.44. The predicted molar refractivity (Wildman–Crippen MR) is 96.0 cm³/mol. The van der Waals surface area contributed by atoms with E-state index in [0.717, 1.165) is 22.2 Å². The highest BCUT2D eigenvalue weighted by molar-refractivity contribution is 6.06. The molecule has 1 atom stereocenters. The summed E-state index contributed by atoms with van der Waals surface area (Å²) in [5, 5.41) is 10.5. The lowest BCUT2D eigenvalue weighted by atomic mass is 10.1. The van der Waals surface area contributed by atoms with E-state index in [1.54, 1.807) is 18.6 Å². The first-order valence-electron chi connectivity index (χ1n) is 8.05. The fraction of sp³-hybridized carbons (Fsp3) is 0.105. The Morgan fingerprint density at radius 2 is 1.96 bits per heavy atom. The van der Waals surface area contributed by atoms with Gasteiger partial charge in [0, 0.05) is 23.3 Å². The van der Waals surface area contributed by atoms with Crippen LogP contribution in [0.1, 0.15) is 28.9 Å². The summed E-state index contributed by atoms with van der Waals surface area (Å²) in [5.74, 6) is -0.125. The third-order valence-corrected chi connectivity index (χ3v) is 4.22. The summed E-state index contributed by atoms with van der Waals surface area (Å²) in [5.41, 5.74) is 4.03. The van der Waals surface area contributed by atoms with E-state index in [4.69, 9.17) is 0 Å². The van der Waals surface area contributed by atoms with Crippen LogP contribution in [0.5, 0.6) is 0 Å². The van der Waals surface area contributed by atoms with Gasteiger partial charge in [-0.2, -0.15) is 5.10 Å². The highest BCUT2D eigenvalue weighted by atomic mass is 16.1. The first-order valence-corrected chi connectivity index (χ1v) is 8.05. The first-order chi connectivity index (χ1) is 12.2. The molecular formula is C19H17N5O. The van der Waals surface area contributed by atoms with Crippen LogP contribution in [0.25, 0.3) is 22.3 Å². The van der Waals surface area contributed by atoms with Crippen molar-refractivity contribution in [3.63, 3.8) is 0 Å². The lowest BCUT2D eigenvalue weighted by Gasteiger charge is -2.13. The number of benzene rings is 1. The first kappa shape index (κ1) is 15.1. The van der Waals surface area contributed by atoms with Crippen molar-refractivity contribution in [3.8, 4) is 11.3 Å². The number of aromatic nitrogens is 4. The number of carbonyl (C=O) groups is 1. The van der Waals surface area contributed by atoms with Crippen LogP contribution in [0.4, 0.5) is 0 Å². The lowest BCUT2D eigenvalue weighted by Crippen LogP contribution is -2.26. The summed E-state index contributed by atoms with van der Waals surface area (Å²) in [7, 11) is 0. The van der Waals surface area contributed by atoms with Crippen LogP contribution in [0.3, 0.4) is 0 Å². The van der Waals surface area contributed by atoms with E-state index in [1.165, 1.54) is 0 Å². The van der Waals surface area contributed by atoms with Gasteiger partial charge in [0.25, 0.3) is 5.91 Å². The van der Waals surface area contributed by atoms with Gasteiger partial charge in [0.1, 0.15) is 5.65 Å². The zero-order chi connectivity index (χ0) is 17.2. The van der Waals surface area contributed by atoms with Gasteiger partial charge < -0.3 is 10.3 Å². The molecule has 6 nitrogen and oxygen atoms in total. The number of nitrogens with one attached hydrogen (secondary N) is 3. The molecule has 0 unspecified atom stereocenters. The van der Waals surface area contributed by atoms with Crippen LogP contribution >= 0.6 is 0 Å². The molecule has 0 aliphatic heterocycles. The molecule has 3 N–H and O–H groups in total. The second-order valence-corrected chi connectivity index (χ2v) is 5.89. The molecule has 0 saturated carbocycles. The van der Waals surface area contributed by atoms with Crippen molar-refractivity contribution in [2.75, 3.05) is 0 Å². The Labute approximate surface area is 144 Å². The molecule has 0 fully saturated rings. The number of rotatable bonds is 4. The Balaban J connectivity index is 1.60. The summed E-state index contributed by atoms with van der Waals surface area (Å²) in [6.45, 7) is 1.97. The van der Waals surface area contributed by atoms with Crippen LogP contribution in [0, 0.1) is 0 Å². The van der Waals surface area contributed by atoms with Gasteiger partial charge in [-0.25, -0.2) is 4.98 Å². The molecule has 4 rings (SSSR count). The Hall–Kier alpha value is -3.41. The quantitative estimate of drug-likeness (QED) is 0.535. The summed E-state index contributed by atoms with van der Waals surface area (Å²) < 4.78 is 0. The van der Waals surface area contributed by atoms with Crippen molar-refractivity contribution in [1.29, 1.82) is 0 Å². The molecule has 1 aromatic carbocycles. The molecule has 6 heteroatoms. The Bertz CT molecular complexity index is 1000. The number of hydrogen-bond acceptors (Lipinski definition) is 3. The van der Waals surface area contributed by atoms with Gasteiger partial charge >= 0.3 is 0 Å². The number of amides is 1. The van der Waals surface area contributed by atoms with Gasteiger partial charge in [-0.1, -0.05) is 30.3 Å². The molecule has 25 heavy (non-hydrogen) atoms. The fourth-order valence-electron chi connectivity index (χ4n) is 2.84. The standard InChI is InChI=1S/C19H17N5O/c1-12(13-5-3-2-4-6-13)23-19(25)16-11-20-18-15(16)7-8-17(24-18)14-9-21-22-10-14/h2-12H,1H3,(H,20,24)(H,21,22)(H,23,25)/t12-/m1/s1. The number of pyridine rings is 1. The van der Waals surface area contributed by atoms with Crippen LogP contribution in [-0.4, -0.2) is 26.1 Å². The SMILES string of the molecule is C[C@@H](NC(=O)c1c[nH]c2nc(-c3cn[nH]c3)ccc12)c1ccccc1. The van der Waals surface area contributed by atoms with Crippen molar-refractivity contribution in [2.24, 2.45) is 0 Å². The molecule has 0 aliphatic rings. The summed E-state index contributed by atoms with van der Waals surface area (Å²) >= 11 is 0. The largest absolute Gasteiger partial charge is 0.345 e. The molecule has 3 aromatic heterocycles. The number of aromatic amines is 2. The molecule has 1 amide bonds. The zero-order valence-corrected chi connectivity index (χ0v) is 13.7. The van der Waals surface area contributed by atoms with Crippen LogP contribution in [0.2, 0.25) is 0 Å². The average molecular weight is 331 g/mol. The van der Waals surface area contributed by atoms with E-state index >= 15 is 0 Å². The number of hydrogen-bond donors (Lipinski definition) is 3. The van der Waals surface area contributed by atoms with Crippen molar-refractivity contribution >= 4 is 16.9 Å². The Morgan fingerprint density at radius 1 is 1.12 bits per heavy atom. The maximum atomic E-state index is 12.6. The Kier molecular flexibility index (Phi) is 3.78. The second-order valence-electron chi connectivity index (χ2n) is 5.89. The van der Waals surface area contributed by atoms with E-state index in [0.29, 0.717) is 11.2 Å². The van der Waals surface area contributed by atoms with E-state index in [2.05, 4.69) is 25.5 Å². The van der Waals surface area contributed by atoms with E-state index in [1.807, 2.05) is 49.4 Å². The van der Waals surface area contributed by atoms with E-state index in [-0.39, 0.29) is 11.9 Å². The van der Waals surface area contributed by atoms with Crippen molar-refractivity contribution in [3.05, 3.63) is 72.2 Å². The maximum absolute atomic E-state index is 12.6. The van der Waals surface area contributed by atoms with Gasteiger partial charge in [0.2, 0.25) is 0 Å². The van der Waals surface area contributed by atoms with Crippen molar-refractivity contribution < 1.29 is 4.79 Å². The smallest absolute Gasteiger partial charge is 0.253 e. The van der Waals surface area contributed by atoms with Gasteiger partial charge in [0.15, 0.2) is 0 Å². The van der Waals surface area contributed by atoms with Crippen LogP contribution in [-0.2, 0) is 0 Å². The molecule has 3 heterocycles. The topological polar surface area (TPSA) is 86.5 Å². The van der Waals surface area contributed by atoms with Crippen LogP contribution in [0.15, 0.2) is 61.1 Å². The highest BCUT2D eigenvalue weighted by Crippen LogP contribution is 2.23. The van der Waals surface area contributed by atoms with E-state index in [9.17, 15) is 4.79 Å². The number of nitrogens with zero attached hydrogens (tertiary/aromatic N) is 2. The lowest BCUT2D eigenvalue weighted by molar-refractivity contribution is 0.0941. The van der Waals surface area contributed by atoms with Gasteiger partial charge in [-0.05, 0) is 24.6 Å². The normalized spacial score (nSPS) is 12.2. The molecule has 0 radical (unpaired) electrons.